The average Bonchev–Trinajstić information content (AvgIpc) is 3.01. The van der Waals surface area contributed by atoms with Crippen molar-refractivity contribution in [3.63, 3.8) is 0 Å². The molecule has 0 saturated heterocycles. The van der Waals surface area contributed by atoms with Crippen LogP contribution >= 0.6 is 11.3 Å². The van der Waals surface area contributed by atoms with Gasteiger partial charge >= 0.3 is 4.87 Å². The van der Waals surface area contributed by atoms with Gasteiger partial charge in [0, 0.05) is 12.6 Å². The molecule has 0 aliphatic carbocycles. The highest BCUT2D eigenvalue weighted by Crippen LogP contribution is 2.32. The molecule has 0 spiro atoms. The number of aryl methyl sites for hydroxylation is 2. The maximum Gasteiger partial charge on any atom is 0.308 e. The second-order valence-corrected chi connectivity index (χ2v) is 10.8. The molecule has 1 heterocycles. The number of hydrogen-bond acceptors (Lipinski definition) is 5. The molecule has 168 valence electrons. The highest BCUT2D eigenvalue weighted by molar-refractivity contribution is 7.89. The molecular weight excluding hydrogens is 432 g/mol. The summed E-state index contributed by atoms with van der Waals surface area (Å²) in [5, 5.41) is 0. The maximum absolute atomic E-state index is 13.1. The lowest BCUT2D eigenvalue weighted by atomic mass is 9.94. The van der Waals surface area contributed by atoms with Gasteiger partial charge in [0.15, 0.2) is 0 Å². The smallest absolute Gasteiger partial charge is 0.308 e. The molecular formula is C23H30N2O4S2. The monoisotopic (exact) mass is 462 g/mol. The standard InChI is InChI=1S/C23H30N2O4S2/c1-7-10-25-20-9-8-17(12-22(20)30-23(25)26)31(27,28)24-16(5)19-13-18(14(2)3)21(29-6)11-15(19)4/h8-9,11-14,16,24H,7,10H2,1-6H3/t16-/m1/s1. The zero-order valence-electron chi connectivity index (χ0n) is 18.9. The van der Waals surface area contributed by atoms with Gasteiger partial charge in [-0.15, -0.1) is 0 Å². The Balaban J connectivity index is 1.95. The van der Waals surface area contributed by atoms with Crippen molar-refractivity contribution in [1.82, 2.24) is 9.29 Å². The van der Waals surface area contributed by atoms with Gasteiger partial charge in [0.05, 0.1) is 22.2 Å². The summed E-state index contributed by atoms with van der Waals surface area (Å²) in [5.74, 6) is 1.05. The van der Waals surface area contributed by atoms with Crippen LogP contribution in [0.15, 0.2) is 40.0 Å². The predicted molar refractivity (Wildman–Crippen MR) is 127 cm³/mol. The number of benzene rings is 2. The van der Waals surface area contributed by atoms with E-state index in [1.54, 1.807) is 29.9 Å². The minimum absolute atomic E-state index is 0.0669. The predicted octanol–water partition coefficient (Wildman–Crippen LogP) is 4.95. The van der Waals surface area contributed by atoms with Gasteiger partial charge in [-0.1, -0.05) is 32.1 Å². The number of rotatable bonds is 8. The molecule has 0 aliphatic heterocycles. The van der Waals surface area contributed by atoms with Gasteiger partial charge in [-0.3, -0.25) is 9.36 Å². The van der Waals surface area contributed by atoms with Crippen LogP contribution in [0.1, 0.15) is 62.8 Å². The van der Waals surface area contributed by atoms with Gasteiger partial charge in [0.25, 0.3) is 0 Å². The van der Waals surface area contributed by atoms with E-state index in [0.717, 1.165) is 45.7 Å². The van der Waals surface area contributed by atoms with E-state index in [2.05, 4.69) is 18.6 Å². The Labute approximate surface area is 187 Å². The molecule has 0 fully saturated rings. The molecule has 0 bridgehead atoms. The van der Waals surface area contributed by atoms with Crippen molar-refractivity contribution in [3.8, 4) is 5.75 Å². The van der Waals surface area contributed by atoms with Crippen molar-refractivity contribution in [2.24, 2.45) is 0 Å². The zero-order chi connectivity index (χ0) is 22.9. The second-order valence-electron chi connectivity index (χ2n) is 8.10. The van der Waals surface area contributed by atoms with E-state index in [1.165, 1.54) is 0 Å². The summed E-state index contributed by atoms with van der Waals surface area (Å²) in [6, 6.07) is 8.42. The SMILES string of the molecule is CCCn1c(=O)sc2cc(S(=O)(=O)N[C@H](C)c3cc(C(C)C)c(OC)cc3C)ccc21. The van der Waals surface area contributed by atoms with Crippen molar-refractivity contribution in [3.05, 3.63) is 56.7 Å². The van der Waals surface area contributed by atoms with Gasteiger partial charge < -0.3 is 4.74 Å². The van der Waals surface area contributed by atoms with E-state index in [9.17, 15) is 13.2 Å². The van der Waals surface area contributed by atoms with Crippen molar-refractivity contribution in [1.29, 1.82) is 0 Å². The average molecular weight is 463 g/mol. The molecule has 3 aromatic rings. The first-order chi connectivity index (χ1) is 14.6. The Morgan fingerprint density at radius 3 is 2.45 bits per heavy atom. The Kier molecular flexibility index (Phi) is 6.93. The number of aromatic nitrogens is 1. The summed E-state index contributed by atoms with van der Waals surface area (Å²) in [5.41, 5.74) is 3.68. The topological polar surface area (TPSA) is 77.4 Å². The third kappa shape index (κ3) is 4.71. The van der Waals surface area contributed by atoms with E-state index >= 15 is 0 Å². The normalized spacial score (nSPS) is 13.1. The van der Waals surface area contributed by atoms with Crippen molar-refractivity contribution in [2.75, 3.05) is 7.11 Å². The van der Waals surface area contributed by atoms with E-state index in [1.807, 2.05) is 32.9 Å². The number of ether oxygens (including phenoxy) is 1. The van der Waals surface area contributed by atoms with Crippen LogP contribution in [0.5, 0.6) is 5.75 Å². The Morgan fingerprint density at radius 2 is 1.84 bits per heavy atom. The third-order valence-corrected chi connectivity index (χ3v) is 7.92. The Bertz CT molecular complexity index is 1260. The molecule has 0 unspecified atom stereocenters. The first-order valence-corrected chi connectivity index (χ1v) is 12.7. The van der Waals surface area contributed by atoms with Gasteiger partial charge in [0.2, 0.25) is 10.0 Å². The van der Waals surface area contributed by atoms with E-state index < -0.39 is 16.1 Å². The maximum atomic E-state index is 13.1. The summed E-state index contributed by atoms with van der Waals surface area (Å²) in [7, 11) is -2.12. The van der Waals surface area contributed by atoms with E-state index in [-0.39, 0.29) is 15.7 Å². The van der Waals surface area contributed by atoms with Crippen molar-refractivity contribution < 1.29 is 13.2 Å². The van der Waals surface area contributed by atoms with Crippen LogP contribution in [-0.2, 0) is 16.6 Å². The summed E-state index contributed by atoms with van der Waals surface area (Å²) in [6.45, 7) is 10.6. The van der Waals surface area contributed by atoms with Crippen LogP contribution in [0, 0.1) is 6.92 Å². The third-order valence-electron chi connectivity index (χ3n) is 5.44. The first-order valence-electron chi connectivity index (χ1n) is 10.4. The van der Waals surface area contributed by atoms with Crippen molar-refractivity contribution >= 4 is 31.6 Å². The quantitative estimate of drug-likeness (QED) is 0.514. The summed E-state index contributed by atoms with van der Waals surface area (Å²) < 4.78 is 36.9. The van der Waals surface area contributed by atoms with Gasteiger partial charge in [-0.05, 0) is 73.2 Å². The molecule has 1 aromatic heterocycles. The molecule has 1 atom stereocenters. The fourth-order valence-electron chi connectivity index (χ4n) is 3.82. The molecule has 2 aromatic carbocycles. The highest BCUT2D eigenvalue weighted by Gasteiger charge is 2.22. The van der Waals surface area contributed by atoms with Gasteiger partial charge in [-0.25, -0.2) is 13.1 Å². The first kappa shape index (κ1) is 23.5. The second kappa shape index (κ2) is 9.14. The Morgan fingerprint density at radius 1 is 1.13 bits per heavy atom. The van der Waals surface area contributed by atoms with Crippen LogP contribution < -0.4 is 14.3 Å². The van der Waals surface area contributed by atoms with Gasteiger partial charge in [0.1, 0.15) is 5.75 Å². The molecule has 0 radical (unpaired) electrons. The van der Waals surface area contributed by atoms with Crippen LogP contribution in [0.2, 0.25) is 0 Å². The van der Waals surface area contributed by atoms with E-state index in [4.69, 9.17) is 4.74 Å². The molecule has 0 saturated carbocycles. The number of nitrogens with zero attached hydrogens (tertiary/aromatic N) is 1. The van der Waals surface area contributed by atoms with Crippen LogP contribution in [0.3, 0.4) is 0 Å². The molecule has 8 heteroatoms. The fraction of sp³-hybridized carbons (Fsp3) is 0.435. The summed E-state index contributed by atoms with van der Waals surface area (Å²) >= 11 is 1.08. The number of fused-ring (bicyclic) bond motifs is 1. The largest absolute Gasteiger partial charge is 0.496 e. The molecule has 31 heavy (non-hydrogen) atoms. The van der Waals surface area contributed by atoms with Crippen LogP contribution in [-0.4, -0.2) is 20.1 Å². The Hall–Kier alpha value is -2.16. The van der Waals surface area contributed by atoms with Gasteiger partial charge in [-0.2, -0.15) is 0 Å². The number of hydrogen-bond donors (Lipinski definition) is 1. The minimum atomic E-state index is -3.77. The summed E-state index contributed by atoms with van der Waals surface area (Å²) in [6.07, 6.45) is 0.838. The molecule has 0 amide bonds. The minimum Gasteiger partial charge on any atom is -0.496 e. The lowest BCUT2D eigenvalue weighted by molar-refractivity contribution is 0.406. The number of thiazole rings is 1. The highest BCUT2D eigenvalue weighted by atomic mass is 32.2. The van der Waals surface area contributed by atoms with Crippen LogP contribution in [0.4, 0.5) is 0 Å². The lowest BCUT2D eigenvalue weighted by Gasteiger charge is -2.21. The molecule has 6 nitrogen and oxygen atoms in total. The zero-order valence-corrected chi connectivity index (χ0v) is 20.5. The summed E-state index contributed by atoms with van der Waals surface area (Å²) in [4.78, 5) is 12.3. The lowest BCUT2D eigenvalue weighted by Crippen LogP contribution is -2.27. The number of nitrogens with one attached hydrogen (secondary N) is 1. The van der Waals surface area contributed by atoms with Crippen molar-refractivity contribution in [2.45, 2.75) is 64.4 Å². The molecule has 1 N–H and O–H groups in total. The number of methoxy groups -OCH3 is 1. The fourth-order valence-corrected chi connectivity index (χ4v) is 6.10. The molecule has 0 aliphatic rings. The van der Waals surface area contributed by atoms with E-state index in [0.29, 0.717) is 11.2 Å². The number of sulfonamides is 1. The molecule has 3 rings (SSSR count). The van der Waals surface area contributed by atoms with Crippen LogP contribution in [0.25, 0.3) is 10.2 Å².